The van der Waals surface area contributed by atoms with E-state index < -0.39 is 0 Å². The molecule has 30 heavy (non-hydrogen) atoms. The molecule has 1 amide bonds. The van der Waals surface area contributed by atoms with Crippen molar-refractivity contribution in [3.05, 3.63) is 29.8 Å². The summed E-state index contributed by atoms with van der Waals surface area (Å²) >= 11 is 0. The van der Waals surface area contributed by atoms with Gasteiger partial charge in [-0.1, -0.05) is 19.1 Å². The molecule has 0 aliphatic carbocycles. The molecular weight excluding hydrogens is 376 g/mol. The van der Waals surface area contributed by atoms with Gasteiger partial charge < -0.3 is 21.3 Å². The number of primary amides is 1. The molecule has 2 saturated heterocycles. The lowest BCUT2D eigenvalue weighted by Gasteiger charge is -2.32. The highest BCUT2D eigenvalue weighted by molar-refractivity contribution is 5.80. The SMILES string of the molecule is CCNC(=NCc1ccc(N2CCC(C)CC2)cc1)NC1CCN(CC(N)=O)CC1. The number of anilines is 1. The van der Waals surface area contributed by atoms with E-state index in [-0.39, 0.29) is 5.91 Å². The quantitative estimate of drug-likeness (QED) is 0.469. The van der Waals surface area contributed by atoms with Crippen LogP contribution in [0.15, 0.2) is 29.3 Å². The topological polar surface area (TPSA) is 86.0 Å². The Morgan fingerprint density at radius 3 is 2.37 bits per heavy atom. The van der Waals surface area contributed by atoms with Gasteiger partial charge >= 0.3 is 0 Å². The number of carbonyl (C=O) groups excluding carboxylic acids is 1. The van der Waals surface area contributed by atoms with Crippen LogP contribution in [0.5, 0.6) is 0 Å². The summed E-state index contributed by atoms with van der Waals surface area (Å²) in [4.78, 5) is 20.5. The molecule has 1 aromatic carbocycles. The van der Waals surface area contributed by atoms with Crippen molar-refractivity contribution >= 4 is 17.6 Å². The van der Waals surface area contributed by atoms with Gasteiger partial charge in [0.05, 0.1) is 13.1 Å². The number of aliphatic imine (C=N–C) groups is 1. The van der Waals surface area contributed by atoms with Crippen LogP contribution in [-0.4, -0.2) is 62.1 Å². The van der Waals surface area contributed by atoms with Crippen LogP contribution in [0.2, 0.25) is 0 Å². The first-order valence-corrected chi connectivity index (χ1v) is 11.4. The van der Waals surface area contributed by atoms with Gasteiger partial charge in [0.1, 0.15) is 0 Å². The van der Waals surface area contributed by atoms with Crippen molar-refractivity contribution in [2.75, 3.05) is 44.2 Å². The van der Waals surface area contributed by atoms with Crippen molar-refractivity contribution < 1.29 is 4.79 Å². The number of rotatable bonds is 7. The van der Waals surface area contributed by atoms with Crippen molar-refractivity contribution in [1.82, 2.24) is 15.5 Å². The number of nitrogens with zero attached hydrogens (tertiary/aromatic N) is 3. The normalized spacial score (nSPS) is 19.7. The predicted octanol–water partition coefficient (Wildman–Crippen LogP) is 1.93. The maximum Gasteiger partial charge on any atom is 0.231 e. The number of benzene rings is 1. The van der Waals surface area contributed by atoms with Gasteiger partial charge in [-0.3, -0.25) is 9.69 Å². The largest absolute Gasteiger partial charge is 0.372 e. The van der Waals surface area contributed by atoms with E-state index in [0.717, 1.165) is 57.4 Å². The first-order valence-electron chi connectivity index (χ1n) is 11.4. The maximum absolute atomic E-state index is 11.1. The highest BCUT2D eigenvalue weighted by atomic mass is 16.1. The molecule has 0 spiro atoms. The van der Waals surface area contributed by atoms with Gasteiger partial charge in [0.15, 0.2) is 5.96 Å². The summed E-state index contributed by atoms with van der Waals surface area (Å²) in [7, 11) is 0. The van der Waals surface area contributed by atoms with E-state index in [9.17, 15) is 4.79 Å². The Balaban J connectivity index is 1.50. The summed E-state index contributed by atoms with van der Waals surface area (Å²) in [6, 6.07) is 9.23. The minimum absolute atomic E-state index is 0.253. The summed E-state index contributed by atoms with van der Waals surface area (Å²) in [6.07, 6.45) is 4.54. The van der Waals surface area contributed by atoms with Crippen molar-refractivity contribution in [2.24, 2.45) is 16.6 Å². The number of nitrogens with one attached hydrogen (secondary N) is 2. The summed E-state index contributed by atoms with van der Waals surface area (Å²) in [6.45, 7) is 10.4. The maximum atomic E-state index is 11.1. The smallest absolute Gasteiger partial charge is 0.231 e. The number of likely N-dealkylation sites (tertiary alicyclic amines) is 1. The highest BCUT2D eigenvalue weighted by Gasteiger charge is 2.21. The Hall–Kier alpha value is -2.28. The fourth-order valence-corrected chi connectivity index (χ4v) is 4.22. The molecule has 7 nitrogen and oxygen atoms in total. The minimum Gasteiger partial charge on any atom is -0.372 e. The monoisotopic (exact) mass is 414 g/mol. The molecule has 2 aliphatic heterocycles. The van der Waals surface area contributed by atoms with E-state index in [1.807, 2.05) is 0 Å². The summed E-state index contributed by atoms with van der Waals surface area (Å²) < 4.78 is 0. The second kappa shape index (κ2) is 11.2. The van der Waals surface area contributed by atoms with Crippen molar-refractivity contribution in [1.29, 1.82) is 0 Å². The van der Waals surface area contributed by atoms with E-state index in [1.54, 1.807) is 0 Å². The van der Waals surface area contributed by atoms with Gasteiger partial charge in [-0.25, -0.2) is 4.99 Å². The number of piperidine rings is 2. The molecule has 3 rings (SSSR count). The van der Waals surface area contributed by atoms with E-state index in [2.05, 4.69) is 58.5 Å². The fourth-order valence-electron chi connectivity index (χ4n) is 4.22. The first-order chi connectivity index (χ1) is 14.5. The highest BCUT2D eigenvalue weighted by Crippen LogP contribution is 2.23. The van der Waals surface area contributed by atoms with Crippen molar-refractivity contribution in [2.45, 2.75) is 52.1 Å². The molecule has 4 N–H and O–H groups in total. The van der Waals surface area contributed by atoms with Crippen LogP contribution in [0.1, 0.15) is 45.1 Å². The summed E-state index contributed by atoms with van der Waals surface area (Å²) in [5.41, 5.74) is 7.84. The number of nitrogens with two attached hydrogens (primary N) is 1. The fraction of sp³-hybridized carbons (Fsp3) is 0.652. The van der Waals surface area contributed by atoms with Crippen LogP contribution in [0.4, 0.5) is 5.69 Å². The molecule has 1 aromatic rings. The zero-order chi connectivity index (χ0) is 21.3. The van der Waals surface area contributed by atoms with Gasteiger partial charge in [0, 0.05) is 44.5 Å². The standard InChI is InChI=1S/C23H38N6O/c1-3-25-23(27-20-10-12-28(13-11-20)17-22(24)30)26-16-19-4-6-21(7-5-19)29-14-8-18(2)9-15-29/h4-7,18,20H,3,8-17H2,1-2H3,(H2,24,30)(H2,25,26,27). The zero-order valence-electron chi connectivity index (χ0n) is 18.6. The lowest BCUT2D eigenvalue weighted by Crippen LogP contribution is -2.49. The Kier molecular flexibility index (Phi) is 8.37. The van der Waals surface area contributed by atoms with Gasteiger partial charge in [-0.15, -0.1) is 0 Å². The van der Waals surface area contributed by atoms with Crippen molar-refractivity contribution in [3.8, 4) is 0 Å². The molecule has 2 heterocycles. The molecule has 0 unspecified atom stereocenters. The van der Waals surface area contributed by atoms with E-state index >= 15 is 0 Å². The Morgan fingerprint density at radius 1 is 1.10 bits per heavy atom. The number of carbonyl (C=O) groups is 1. The van der Waals surface area contributed by atoms with E-state index in [1.165, 1.54) is 24.1 Å². The van der Waals surface area contributed by atoms with Gasteiger partial charge in [-0.05, 0) is 56.2 Å². The number of hydrogen-bond donors (Lipinski definition) is 3. The van der Waals surface area contributed by atoms with Crippen LogP contribution in [0.25, 0.3) is 0 Å². The van der Waals surface area contributed by atoms with Crippen LogP contribution in [-0.2, 0) is 11.3 Å². The molecule has 0 atom stereocenters. The molecule has 0 saturated carbocycles. The number of amides is 1. The lowest BCUT2D eigenvalue weighted by molar-refractivity contribution is -0.119. The average molecular weight is 415 g/mol. The first kappa shape index (κ1) is 22.4. The molecule has 0 radical (unpaired) electrons. The average Bonchev–Trinajstić information content (AvgIpc) is 2.74. The van der Waals surface area contributed by atoms with Gasteiger partial charge in [-0.2, -0.15) is 0 Å². The Labute approximate surface area is 181 Å². The summed E-state index contributed by atoms with van der Waals surface area (Å²) in [5.74, 6) is 1.46. The third kappa shape index (κ3) is 6.90. The lowest BCUT2D eigenvalue weighted by atomic mass is 9.99. The molecule has 2 fully saturated rings. The van der Waals surface area contributed by atoms with Gasteiger partial charge in [0.2, 0.25) is 5.91 Å². The van der Waals surface area contributed by atoms with E-state index in [0.29, 0.717) is 19.1 Å². The van der Waals surface area contributed by atoms with Crippen LogP contribution < -0.4 is 21.3 Å². The third-order valence-corrected chi connectivity index (χ3v) is 6.16. The molecule has 0 aromatic heterocycles. The number of hydrogen-bond acceptors (Lipinski definition) is 4. The second-order valence-corrected chi connectivity index (χ2v) is 8.69. The predicted molar refractivity (Wildman–Crippen MR) is 124 cm³/mol. The van der Waals surface area contributed by atoms with Crippen LogP contribution in [0, 0.1) is 5.92 Å². The summed E-state index contributed by atoms with van der Waals surface area (Å²) in [5, 5.41) is 6.91. The number of guanidine groups is 1. The molecule has 7 heteroatoms. The third-order valence-electron chi connectivity index (χ3n) is 6.16. The minimum atomic E-state index is -0.253. The Bertz CT molecular complexity index is 688. The Morgan fingerprint density at radius 2 is 1.77 bits per heavy atom. The molecular formula is C23H38N6O. The molecule has 0 bridgehead atoms. The van der Waals surface area contributed by atoms with E-state index in [4.69, 9.17) is 10.7 Å². The van der Waals surface area contributed by atoms with Crippen LogP contribution in [0.3, 0.4) is 0 Å². The zero-order valence-corrected chi connectivity index (χ0v) is 18.6. The second-order valence-electron chi connectivity index (χ2n) is 8.69. The molecule has 2 aliphatic rings. The molecule has 166 valence electrons. The van der Waals surface area contributed by atoms with Gasteiger partial charge in [0.25, 0.3) is 0 Å². The van der Waals surface area contributed by atoms with Crippen LogP contribution >= 0.6 is 0 Å². The van der Waals surface area contributed by atoms with Crippen molar-refractivity contribution in [3.63, 3.8) is 0 Å².